The highest BCUT2D eigenvalue weighted by Gasteiger charge is 2.36. The topological polar surface area (TPSA) is 55.8 Å². The molecule has 0 saturated carbocycles. The number of hydrogen-bond donors (Lipinski definition) is 0. The van der Waals surface area contributed by atoms with Crippen molar-refractivity contribution in [3.05, 3.63) is 29.3 Å². The second-order valence-corrected chi connectivity index (χ2v) is 4.91. The van der Waals surface area contributed by atoms with Crippen LogP contribution in [0.5, 0.6) is 0 Å². The van der Waals surface area contributed by atoms with E-state index in [0.29, 0.717) is 18.9 Å². The molecule has 2 aliphatic heterocycles. The van der Waals surface area contributed by atoms with Crippen LogP contribution in [-0.2, 0) is 31.3 Å². The molecule has 0 N–H and O–H groups in total. The molecule has 0 radical (unpaired) electrons. The van der Waals surface area contributed by atoms with Gasteiger partial charge in [-0.2, -0.15) is 0 Å². The van der Waals surface area contributed by atoms with E-state index in [4.69, 9.17) is 9.47 Å². The van der Waals surface area contributed by atoms with E-state index in [1.54, 1.807) is 6.07 Å². The highest BCUT2D eigenvalue weighted by Crippen LogP contribution is 2.36. The first-order valence-electron chi connectivity index (χ1n) is 6.26. The van der Waals surface area contributed by atoms with Crippen molar-refractivity contribution in [1.29, 1.82) is 0 Å². The number of fused-ring (bicyclic) bond motifs is 1. The molecule has 19 heavy (non-hydrogen) atoms. The van der Waals surface area contributed by atoms with Gasteiger partial charge in [-0.15, -0.1) is 0 Å². The number of amides is 2. The lowest BCUT2D eigenvalue weighted by Crippen LogP contribution is -2.31. The second kappa shape index (κ2) is 4.15. The minimum Gasteiger partial charge on any atom is -0.344 e. The molecule has 2 aliphatic rings. The Morgan fingerprint density at radius 2 is 2.00 bits per heavy atom. The van der Waals surface area contributed by atoms with Crippen LogP contribution in [0.3, 0.4) is 0 Å². The Morgan fingerprint density at radius 3 is 2.63 bits per heavy atom. The molecule has 1 aromatic carbocycles. The van der Waals surface area contributed by atoms with E-state index in [1.807, 2.05) is 19.1 Å². The summed E-state index contributed by atoms with van der Waals surface area (Å²) in [4.78, 5) is 24.5. The largest absolute Gasteiger partial charge is 0.344 e. The van der Waals surface area contributed by atoms with Crippen LogP contribution in [0, 0.1) is 0 Å². The number of imide groups is 1. The molecule has 100 valence electrons. The average Bonchev–Trinajstić information content (AvgIpc) is 2.91. The third kappa shape index (κ3) is 1.86. The fourth-order valence-corrected chi connectivity index (χ4v) is 2.63. The van der Waals surface area contributed by atoms with E-state index >= 15 is 0 Å². The summed E-state index contributed by atoms with van der Waals surface area (Å²) in [5, 5.41) is 0. The van der Waals surface area contributed by atoms with Gasteiger partial charge in [-0.3, -0.25) is 14.5 Å². The minimum absolute atomic E-state index is 0.182. The van der Waals surface area contributed by atoms with E-state index in [2.05, 4.69) is 0 Å². The van der Waals surface area contributed by atoms with Gasteiger partial charge in [0, 0.05) is 12.5 Å². The van der Waals surface area contributed by atoms with Crippen molar-refractivity contribution in [2.24, 2.45) is 0 Å². The van der Waals surface area contributed by atoms with Crippen LogP contribution in [-0.4, -0.2) is 25.0 Å². The van der Waals surface area contributed by atoms with Gasteiger partial charge >= 0.3 is 0 Å². The Morgan fingerprint density at radius 1 is 1.32 bits per heavy atom. The number of ether oxygens (including phenoxy) is 2. The maximum absolute atomic E-state index is 11.8. The van der Waals surface area contributed by atoms with Crippen molar-refractivity contribution >= 4 is 17.5 Å². The molecule has 1 fully saturated rings. The standard InChI is InChI=1S/C14H15NO4/c1-9(16)15-12-4-3-11(7-10(12)8-13(15)17)14(2)18-5-6-19-14/h3-4,7H,5-6,8H2,1-2H3. The zero-order chi connectivity index (χ0) is 13.6. The number of carbonyl (C=O) groups excluding carboxylic acids is 2. The van der Waals surface area contributed by atoms with E-state index in [1.165, 1.54) is 11.8 Å². The smallest absolute Gasteiger partial charge is 0.238 e. The molecule has 0 atom stereocenters. The Kier molecular flexibility index (Phi) is 2.69. The normalized spacial score (nSPS) is 20.7. The number of anilines is 1. The van der Waals surface area contributed by atoms with Crippen LogP contribution in [0.1, 0.15) is 25.0 Å². The third-order valence-corrected chi connectivity index (χ3v) is 3.59. The molecule has 0 aliphatic carbocycles. The van der Waals surface area contributed by atoms with Crippen LogP contribution in [0.25, 0.3) is 0 Å². The van der Waals surface area contributed by atoms with Gasteiger partial charge in [0.05, 0.1) is 25.3 Å². The highest BCUT2D eigenvalue weighted by atomic mass is 16.7. The van der Waals surface area contributed by atoms with E-state index in [-0.39, 0.29) is 18.2 Å². The van der Waals surface area contributed by atoms with Gasteiger partial charge in [-0.1, -0.05) is 6.07 Å². The molecular weight excluding hydrogens is 246 g/mol. The molecular formula is C14H15NO4. The zero-order valence-electron chi connectivity index (χ0n) is 10.9. The predicted molar refractivity (Wildman–Crippen MR) is 67.6 cm³/mol. The summed E-state index contributed by atoms with van der Waals surface area (Å²) < 4.78 is 11.2. The highest BCUT2D eigenvalue weighted by molar-refractivity contribution is 6.18. The Labute approximate surface area is 111 Å². The van der Waals surface area contributed by atoms with Gasteiger partial charge in [-0.05, 0) is 24.6 Å². The molecule has 0 unspecified atom stereocenters. The van der Waals surface area contributed by atoms with Crippen LogP contribution in [0.2, 0.25) is 0 Å². The van der Waals surface area contributed by atoms with E-state index < -0.39 is 5.79 Å². The van der Waals surface area contributed by atoms with Crippen molar-refractivity contribution in [3.8, 4) is 0 Å². The minimum atomic E-state index is -0.748. The average molecular weight is 261 g/mol. The van der Waals surface area contributed by atoms with Crippen molar-refractivity contribution in [2.45, 2.75) is 26.1 Å². The van der Waals surface area contributed by atoms with Crippen molar-refractivity contribution in [2.75, 3.05) is 18.1 Å². The van der Waals surface area contributed by atoms with Crippen molar-refractivity contribution < 1.29 is 19.1 Å². The maximum atomic E-state index is 11.8. The van der Waals surface area contributed by atoms with Crippen LogP contribution in [0.4, 0.5) is 5.69 Å². The number of hydrogen-bond acceptors (Lipinski definition) is 4. The summed E-state index contributed by atoms with van der Waals surface area (Å²) in [6, 6.07) is 5.52. The Bertz CT molecular complexity index is 561. The molecule has 3 rings (SSSR count). The number of nitrogens with zero attached hydrogens (tertiary/aromatic N) is 1. The van der Waals surface area contributed by atoms with Gasteiger partial charge in [-0.25, -0.2) is 0 Å². The van der Waals surface area contributed by atoms with Gasteiger partial charge in [0.15, 0.2) is 5.79 Å². The summed E-state index contributed by atoms with van der Waals surface area (Å²) in [5.41, 5.74) is 2.39. The fourth-order valence-electron chi connectivity index (χ4n) is 2.63. The first-order chi connectivity index (χ1) is 9.01. The lowest BCUT2D eigenvalue weighted by atomic mass is 10.0. The maximum Gasteiger partial charge on any atom is 0.238 e. The predicted octanol–water partition coefficient (Wildman–Crippen LogP) is 1.34. The van der Waals surface area contributed by atoms with Crippen LogP contribution >= 0.6 is 0 Å². The fraction of sp³-hybridized carbons (Fsp3) is 0.429. The molecule has 1 aromatic rings. The molecule has 2 amide bonds. The lowest BCUT2D eigenvalue weighted by Gasteiger charge is -2.23. The lowest BCUT2D eigenvalue weighted by molar-refractivity contribution is -0.149. The Hall–Kier alpha value is -1.72. The summed E-state index contributed by atoms with van der Waals surface area (Å²) in [7, 11) is 0. The summed E-state index contributed by atoms with van der Waals surface area (Å²) in [6.07, 6.45) is 0.249. The summed E-state index contributed by atoms with van der Waals surface area (Å²) in [5.74, 6) is -1.18. The SMILES string of the molecule is CC(=O)N1C(=O)Cc2cc(C3(C)OCCO3)ccc21. The molecule has 0 aromatic heterocycles. The first kappa shape index (κ1) is 12.3. The third-order valence-electron chi connectivity index (χ3n) is 3.59. The quantitative estimate of drug-likeness (QED) is 0.765. The molecule has 0 bridgehead atoms. The second-order valence-electron chi connectivity index (χ2n) is 4.91. The molecule has 1 saturated heterocycles. The van der Waals surface area contributed by atoms with Gasteiger partial charge in [0.1, 0.15) is 0 Å². The van der Waals surface area contributed by atoms with Gasteiger partial charge in [0.25, 0.3) is 0 Å². The summed E-state index contributed by atoms with van der Waals surface area (Å²) in [6.45, 7) is 4.38. The van der Waals surface area contributed by atoms with Crippen LogP contribution in [0.15, 0.2) is 18.2 Å². The first-order valence-corrected chi connectivity index (χ1v) is 6.26. The molecule has 5 nitrogen and oxygen atoms in total. The van der Waals surface area contributed by atoms with Gasteiger partial charge < -0.3 is 9.47 Å². The monoisotopic (exact) mass is 261 g/mol. The van der Waals surface area contributed by atoms with Crippen LogP contribution < -0.4 is 4.90 Å². The molecule has 5 heteroatoms. The van der Waals surface area contributed by atoms with Gasteiger partial charge in [0.2, 0.25) is 11.8 Å². The number of carbonyl (C=O) groups is 2. The number of benzene rings is 1. The Balaban J connectivity index is 2.01. The van der Waals surface area contributed by atoms with Crippen molar-refractivity contribution in [3.63, 3.8) is 0 Å². The molecule has 2 heterocycles. The number of rotatable bonds is 1. The molecule has 0 spiro atoms. The van der Waals surface area contributed by atoms with E-state index in [0.717, 1.165) is 11.1 Å². The van der Waals surface area contributed by atoms with Crippen molar-refractivity contribution in [1.82, 2.24) is 0 Å². The summed E-state index contributed by atoms with van der Waals surface area (Å²) >= 11 is 0. The zero-order valence-corrected chi connectivity index (χ0v) is 10.9. The van der Waals surface area contributed by atoms with E-state index in [9.17, 15) is 9.59 Å².